The average Bonchev–Trinajstić information content (AvgIpc) is 2.17. The van der Waals surface area contributed by atoms with Gasteiger partial charge in [-0.05, 0) is 22.6 Å². The maximum atomic E-state index is 12.4. The molecule has 0 unspecified atom stereocenters. The number of pyridine rings is 1. The Labute approximate surface area is 98.0 Å². The zero-order valence-corrected chi connectivity index (χ0v) is 9.68. The van der Waals surface area contributed by atoms with Crippen molar-refractivity contribution in [3.8, 4) is 6.07 Å². The van der Waals surface area contributed by atoms with Crippen LogP contribution in [0.2, 0.25) is 0 Å². The van der Waals surface area contributed by atoms with Gasteiger partial charge in [0.05, 0.1) is 26.3 Å². The Bertz CT molecular complexity index is 390. The van der Waals surface area contributed by atoms with E-state index in [-0.39, 0.29) is 17.0 Å². The molecule has 0 N–H and O–H groups in total. The van der Waals surface area contributed by atoms with Crippen LogP contribution < -0.4 is 0 Å². The molecular weight excluding hydrogens is 324 g/mol. The van der Waals surface area contributed by atoms with E-state index in [1.54, 1.807) is 28.7 Å². The molecule has 0 fully saturated rings. The molecule has 0 aromatic carbocycles. The maximum absolute atomic E-state index is 12.4. The van der Waals surface area contributed by atoms with Crippen LogP contribution in [0.25, 0.3) is 0 Å². The van der Waals surface area contributed by atoms with Crippen molar-refractivity contribution in [2.75, 3.05) is 0 Å². The Kier molecular flexibility index (Phi) is 4.01. The summed E-state index contributed by atoms with van der Waals surface area (Å²) in [5.41, 5.74) is 0.0743. The van der Waals surface area contributed by atoms with Gasteiger partial charge >= 0.3 is 0 Å². The van der Waals surface area contributed by atoms with Gasteiger partial charge in [-0.2, -0.15) is 5.26 Å². The van der Waals surface area contributed by atoms with Crippen LogP contribution in [0.5, 0.6) is 0 Å². The van der Waals surface area contributed by atoms with Crippen LogP contribution in [0.15, 0.2) is 6.20 Å². The Morgan fingerprint density at radius 1 is 1.64 bits per heavy atom. The highest BCUT2D eigenvalue weighted by atomic mass is 127. The molecule has 74 valence electrons. The minimum Gasteiger partial charge on any atom is -0.258 e. The van der Waals surface area contributed by atoms with E-state index in [0.717, 1.165) is 6.20 Å². The number of hydrogen-bond acceptors (Lipinski definition) is 2. The van der Waals surface area contributed by atoms with Crippen LogP contribution >= 0.6 is 34.2 Å². The van der Waals surface area contributed by atoms with Crippen molar-refractivity contribution in [2.24, 2.45) is 0 Å². The third kappa shape index (κ3) is 2.12. The van der Waals surface area contributed by atoms with Crippen LogP contribution in [0, 0.1) is 14.9 Å². The number of alkyl halides is 3. The van der Waals surface area contributed by atoms with Gasteiger partial charge in [-0.15, -0.1) is 11.6 Å². The molecule has 0 aliphatic rings. The molecule has 1 aromatic heterocycles. The molecule has 0 radical (unpaired) electrons. The van der Waals surface area contributed by atoms with E-state index >= 15 is 0 Å². The summed E-state index contributed by atoms with van der Waals surface area (Å²) in [7, 11) is 0. The third-order valence-corrected chi connectivity index (χ3v) is 3.01. The van der Waals surface area contributed by atoms with Crippen molar-refractivity contribution >= 4 is 34.2 Å². The lowest BCUT2D eigenvalue weighted by Crippen LogP contribution is -2.00. The first-order chi connectivity index (χ1) is 6.61. The minimum absolute atomic E-state index is 0.0359. The summed E-state index contributed by atoms with van der Waals surface area (Å²) in [5, 5.41) is 8.71. The van der Waals surface area contributed by atoms with Gasteiger partial charge in [0, 0.05) is 6.20 Å². The van der Waals surface area contributed by atoms with Gasteiger partial charge < -0.3 is 0 Å². The van der Waals surface area contributed by atoms with Crippen LogP contribution in [-0.4, -0.2) is 4.98 Å². The Morgan fingerprint density at radius 3 is 2.71 bits per heavy atom. The van der Waals surface area contributed by atoms with E-state index in [1.807, 2.05) is 0 Å². The first-order valence-electron chi connectivity index (χ1n) is 3.53. The van der Waals surface area contributed by atoms with E-state index in [9.17, 15) is 8.78 Å². The van der Waals surface area contributed by atoms with E-state index in [2.05, 4.69) is 4.98 Å². The maximum Gasteiger partial charge on any atom is 0.266 e. The Morgan fingerprint density at radius 2 is 2.29 bits per heavy atom. The molecule has 0 aliphatic heterocycles. The van der Waals surface area contributed by atoms with Crippen molar-refractivity contribution in [3.05, 3.63) is 26.6 Å². The number of halogens is 4. The first-order valence-corrected chi connectivity index (χ1v) is 5.14. The predicted octanol–water partition coefficient (Wildman–Crippen LogP) is 3.23. The molecule has 2 nitrogen and oxygen atoms in total. The number of nitrogens with zero attached hydrogens (tertiary/aromatic N) is 2. The molecule has 0 saturated carbocycles. The highest BCUT2D eigenvalue weighted by molar-refractivity contribution is 14.1. The summed E-state index contributed by atoms with van der Waals surface area (Å²) in [4.78, 5) is 3.76. The summed E-state index contributed by atoms with van der Waals surface area (Å²) in [6, 6.07) is 1.73. The van der Waals surface area contributed by atoms with Crippen molar-refractivity contribution < 1.29 is 8.78 Å². The zero-order valence-electron chi connectivity index (χ0n) is 6.77. The SMILES string of the molecule is N#Cc1c(C(F)F)cnc(CCl)c1I. The van der Waals surface area contributed by atoms with Crippen molar-refractivity contribution in [1.29, 1.82) is 5.26 Å². The standard InChI is InChI=1S/C8H4ClF2IN2/c9-1-6-7(12)4(2-13)5(3-14-6)8(10)11/h3,8H,1H2. The summed E-state index contributed by atoms with van der Waals surface area (Å²) in [6.45, 7) is 0. The molecular formula is C8H4ClF2IN2. The summed E-state index contributed by atoms with van der Waals surface area (Å²) < 4.78 is 25.2. The van der Waals surface area contributed by atoms with E-state index in [4.69, 9.17) is 16.9 Å². The Hall–Kier alpha value is -0.480. The fourth-order valence-corrected chi connectivity index (χ4v) is 2.10. The van der Waals surface area contributed by atoms with E-state index in [1.165, 1.54) is 0 Å². The highest BCUT2D eigenvalue weighted by Gasteiger charge is 2.18. The van der Waals surface area contributed by atoms with Gasteiger partial charge in [-0.3, -0.25) is 4.98 Å². The molecule has 0 saturated heterocycles. The Balaban J connectivity index is 3.38. The van der Waals surface area contributed by atoms with Gasteiger partial charge in [0.25, 0.3) is 6.43 Å². The molecule has 0 spiro atoms. The van der Waals surface area contributed by atoms with Crippen molar-refractivity contribution in [1.82, 2.24) is 4.98 Å². The van der Waals surface area contributed by atoms with Crippen LogP contribution in [-0.2, 0) is 5.88 Å². The quantitative estimate of drug-likeness (QED) is 0.617. The van der Waals surface area contributed by atoms with Gasteiger partial charge in [0.15, 0.2) is 0 Å². The van der Waals surface area contributed by atoms with Gasteiger partial charge in [-0.25, -0.2) is 8.78 Å². The number of aromatic nitrogens is 1. The molecule has 0 aliphatic carbocycles. The molecule has 0 atom stereocenters. The molecule has 0 amide bonds. The molecule has 0 bridgehead atoms. The largest absolute Gasteiger partial charge is 0.266 e. The highest BCUT2D eigenvalue weighted by Crippen LogP contribution is 2.27. The summed E-state index contributed by atoms with van der Waals surface area (Å²) in [6.07, 6.45) is -1.68. The fraction of sp³-hybridized carbons (Fsp3) is 0.250. The summed E-state index contributed by atoms with van der Waals surface area (Å²) >= 11 is 7.33. The minimum atomic E-state index is -2.69. The molecule has 14 heavy (non-hydrogen) atoms. The van der Waals surface area contributed by atoms with Gasteiger partial charge in [0.1, 0.15) is 6.07 Å². The molecule has 1 heterocycles. The second kappa shape index (κ2) is 4.84. The molecule has 1 rings (SSSR count). The molecule has 1 aromatic rings. The molecule has 6 heteroatoms. The normalized spacial score (nSPS) is 10.3. The van der Waals surface area contributed by atoms with Crippen LogP contribution in [0.1, 0.15) is 23.2 Å². The van der Waals surface area contributed by atoms with Crippen LogP contribution in [0.3, 0.4) is 0 Å². The second-order valence-corrected chi connectivity index (χ2v) is 3.74. The van der Waals surface area contributed by atoms with Gasteiger partial charge in [0.2, 0.25) is 0 Å². The lowest BCUT2D eigenvalue weighted by molar-refractivity contribution is 0.150. The lowest BCUT2D eigenvalue weighted by atomic mass is 10.1. The number of nitriles is 1. The predicted molar refractivity (Wildman–Crippen MR) is 56.2 cm³/mol. The van der Waals surface area contributed by atoms with Crippen molar-refractivity contribution in [3.63, 3.8) is 0 Å². The number of rotatable bonds is 2. The average molecular weight is 328 g/mol. The topological polar surface area (TPSA) is 36.7 Å². The van der Waals surface area contributed by atoms with Crippen molar-refractivity contribution in [2.45, 2.75) is 12.3 Å². The van der Waals surface area contributed by atoms with E-state index < -0.39 is 6.43 Å². The summed E-state index contributed by atoms with van der Waals surface area (Å²) in [5.74, 6) is 0.108. The first kappa shape index (κ1) is 11.6. The number of hydrogen-bond donors (Lipinski definition) is 0. The third-order valence-electron chi connectivity index (χ3n) is 1.59. The van der Waals surface area contributed by atoms with E-state index in [0.29, 0.717) is 9.26 Å². The second-order valence-electron chi connectivity index (χ2n) is 2.40. The smallest absolute Gasteiger partial charge is 0.258 e. The van der Waals surface area contributed by atoms with Gasteiger partial charge in [-0.1, -0.05) is 0 Å². The monoisotopic (exact) mass is 328 g/mol. The zero-order chi connectivity index (χ0) is 10.7. The van der Waals surface area contributed by atoms with Crippen LogP contribution in [0.4, 0.5) is 8.78 Å². The lowest BCUT2D eigenvalue weighted by Gasteiger charge is -2.06. The fourth-order valence-electron chi connectivity index (χ4n) is 0.912.